The minimum atomic E-state index is -0.361. The van der Waals surface area contributed by atoms with Crippen molar-refractivity contribution in [3.05, 3.63) is 41.1 Å². The zero-order chi connectivity index (χ0) is 13.8. The van der Waals surface area contributed by atoms with Crippen LogP contribution in [0.25, 0.3) is 0 Å². The van der Waals surface area contributed by atoms with Crippen molar-refractivity contribution in [2.45, 2.75) is 33.2 Å². The predicted octanol–water partition coefficient (Wildman–Crippen LogP) is 1.25. The minimum Gasteiger partial charge on any atom is -0.467 e. The normalized spacial score (nSPS) is 10.7. The minimum absolute atomic E-state index is 0.361. The summed E-state index contributed by atoms with van der Waals surface area (Å²) in [6.45, 7) is 4.67. The van der Waals surface area contributed by atoms with Gasteiger partial charge in [0.15, 0.2) is 0 Å². The summed E-state index contributed by atoms with van der Waals surface area (Å²) in [4.78, 5) is 11.3. The molecule has 0 radical (unpaired) electrons. The van der Waals surface area contributed by atoms with Gasteiger partial charge in [-0.05, 0) is 25.0 Å². The summed E-state index contributed by atoms with van der Waals surface area (Å²) in [7, 11) is 0. The maximum Gasteiger partial charge on any atom is 0.268 e. The standard InChI is InChI=1S/C13H18N4O2/c1-3-10-6-11(4-2)17(16-10)7-12-5-9(8-19-12)13(18)15-14/h5-6,8H,3-4,7,14H2,1-2H3,(H,15,18). The summed E-state index contributed by atoms with van der Waals surface area (Å²) < 4.78 is 7.26. The molecule has 102 valence electrons. The van der Waals surface area contributed by atoms with Gasteiger partial charge in [0.2, 0.25) is 0 Å². The summed E-state index contributed by atoms with van der Waals surface area (Å²) in [6, 6.07) is 3.77. The van der Waals surface area contributed by atoms with Crippen molar-refractivity contribution in [2.75, 3.05) is 0 Å². The lowest BCUT2D eigenvalue weighted by Crippen LogP contribution is -2.29. The molecule has 2 rings (SSSR count). The lowest BCUT2D eigenvalue weighted by Gasteiger charge is -2.02. The van der Waals surface area contributed by atoms with Crippen molar-refractivity contribution in [1.82, 2.24) is 15.2 Å². The Hall–Kier alpha value is -2.08. The summed E-state index contributed by atoms with van der Waals surface area (Å²) in [5.74, 6) is 5.39. The van der Waals surface area contributed by atoms with E-state index in [4.69, 9.17) is 10.3 Å². The molecular formula is C13H18N4O2. The highest BCUT2D eigenvalue weighted by atomic mass is 16.3. The van der Waals surface area contributed by atoms with Crippen LogP contribution in [-0.4, -0.2) is 15.7 Å². The van der Waals surface area contributed by atoms with E-state index in [1.807, 2.05) is 4.68 Å². The first-order valence-electron chi connectivity index (χ1n) is 6.31. The molecule has 19 heavy (non-hydrogen) atoms. The van der Waals surface area contributed by atoms with Crippen molar-refractivity contribution in [1.29, 1.82) is 0 Å². The van der Waals surface area contributed by atoms with Crippen molar-refractivity contribution < 1.29 is 9.21 Å². The highest BCUT2D eigenvalue weighted by Gasteiger charge is 2.11. The van der Waals surface area contributed by atoms with E-state index in [1.165, 1.54) is 6.26 Å². The third-order valence-corrected chi connectivity index (χ3v) is 2.99. The van der Waals surface area contributed by atoms with Crippen molar-refractivity contribution in [2.24, 2.45) is 5.84 Å². The number of hydrogen-bond acceptors (Lipinski definition) is 4. The molecule has 2 aromatic heterocycles. The number of carbonyl (C=O) groups excluding carboxylic acids is 1. The molecule has 0 bridgehead atoms. The number of aryl methyl sites for hydroxylation is 2. The predicted molar refractivity (Wildman–Crippen MR) is 70.4 cm³/mol. The fourth-order valence-corrected chi connectivity index (χ4v) is 1.92. The lowest BCUT2D eigenvalue weighted by molar-refractivity contribution is 0.0953. The molecule has 0 atom stereocenters. The second-order valence-corrected chi connectivity index (χ2v) is 4.27. The molecule has 0 unspecified atom stereocenters. The van der Waals surface area contributed by atoms with Crippen molar-refractivity contribution in [3.63, 3.8) is 0 Å². The molecule has 6 nitrogen and oxygen atoms in total. The molecule has 0 aliphatic heterocycles. The van der Waals surface area contributed by atoms with Gasteiger partial charge in [0.1, 0.15) is 12.0 Å². The molecule has 2 heterocycles. The Labute approximate surface area is 111 Å². The Morgan fingerprint density at radius 1 is 1.42 bits per heavy atom. The van der Waals surface area contributed by atoms with Crippen LogP contribution < -0.4 is 11.3 Å². The number of nitrogens with zero attached hydrogens (tertiary/aromatic N) is 2. The van der Waals surface area contributed by atoms with Gasteiger partial charge in [-0.3, -0.25) is 14.9 Å². The fourth-order valence-electron chi connectivity index (χ4n) is 1.92. The van der Waals surface area contributed by atoms with E-state index in [-0.39, 0.29) is 5.91 Å². The maximum absolute atomic E-state index is 11.3. The number of carbonyl (C=O) groups is 1. The van der Waals surface area contributed by atoms with Gasteiger partial charge in [0, 0.05) is 5.69 Å². The van der Waals surface area contributed by atoms with Crippen LogP contribution in [0.1, 0.15) is 41.4 Å². The van der Waals surface area contributed by atoms with Gasteiger partial charge in [-0.2, -0.15) is 5.10 Å². The molecule has 0 aromatic carbocycles. The smallest absolute Gasteiger partial charge is 0.268 e. The molecule has 0 aliphatic rings. The number of nitrogens with two attached hydrogens (primary N) is 1. The SMILES string of the molecule is CCc1cc(CC)n(Cc2cc(C(=O)NN)co2)n1. The van der Waals surface area contributed by atoms with E-state index >= 15 is 0 Å². The Morgan fingerprint density at radius 3 is 2.84 bits per heavy atom. The van der Waals surface area contributed by atoms with Crippen LogP contribution in [0.3, 0.4) is 0 Å². The van der Waals surface area contributed by atoms with E-state index in [0.717, 1.165) is 24.2 Å². The quantitative estimate of drug-likeness (QED) is 0.482. The fraction of sp³-hybridized carbons (Fsp3) is 0.385. The molecule has 1 amide bonds. The van der Waals surface area contributed by atoms with Gasteiger partial charge < -0.3 is 4.42 Å². The first-order chi connectivity index (χ1) is 9.17. The molecule has 0 saturated carbocycles. The van der Waals surface area contributed by atoms with Crippen molar-refractivity contribution in [3.8, 4) is 0 Å². The number of nitrogens with one attached hydrogen (secondary N) is 1. The Morgan fingerprint density at radius 2 is 2.21 bits per heavy atom. The van der Waals surface area contributed by atoms with Gasteiger partial charge in [-0.15, -0.1) is 0 Å². The third kappa shape index (κ3) is 2.85. The van der Waals surface area contributed by atoms with E-state index in [9.17, 15) is 4.79 Å². The molecule has 0 saturated heterocycles. The highest BCUT2D eigenvalue weighted by molar-refractivity contribution is 5.93. The Balaban J connectivity index is 2.18. The van der Waals surface area contributed by atoms with Crippen LogP contribution in [0.15, 0.2) is 22.8 Å². The average molecular weight is 262 g/mol. The number of nitrogen functional groups attached to an aromatic ring is 1. The van der Waals surface area contributed by atoms with Crippen LogP contribution in [0.5, 0.6) is 0 Å². The van der Waals surface area contributed by atoms with Crippen molar-refractivity contribution >= 4 is 5.91 Å². The number of furan rings is 1. The lowest BCUT2D eigenvalue weighted by atomic mass is 10.2. The first kappa shape index (κ1) is 13.4. The Kier molecular flexibility index (Phi) is 4.01. The van der Waals surface area contributed by atoms with E-state index in [2.05, 4.69) is 30.4 Å². The van der Waals surface area contributed by atoms with E-state index in [1.54, 1.807) is 6.07 Å². The second kappa shape index (κ2) is 5.71. The molecular weight excluding hydrogens is 244 g/mol. The second-order valence-electron chi connectivity index (χ2n) is 4.27. The van der Waals surface area contributed by atoms with Gasteiger partial charge in [0.25, 0.3) is 5.91 Å². The summed E-state index contributed by atoms with van der Waals surface area (Å²) in [5, 5.41) is 4.50. The Bertz CT molecular complexity index is 571. The summed E-state index contributed by atoms with van der Waals surface area (Å²) >= 11 is 0. The summed E-state index contributed by atoms with van der Waals surface area (Å²) in [6.07, 6.45) is 3.20. The molecule has 2 aromatic rings. The number of hydrogen-bond donors (Lipinski definition) is 2. The van der Waals surface area contributed by atoms with E-state index in [0.29, 0.717) is 17.9 Å². The monoisotopic (exact) mass is 262 g/mol. The molecule has 3 N–H and O–H groups in total. The number of rotatable bonds is 5. The molecule has 0 spiro atoms. The number of amides is 1. The van der Waals surface area contributed by atoms with Crippen LogP contribution in [0.2, 0.25) is 0 Å². The van der Waals surface area contributed by atoms with Crippen LogP contribution >= 0.6 is 0 Å². The van der Waals surface area contributed by atoms with Gasteiger partial charge in [0.05, 0.1) is 17.8 Å². The van der Waals surface area contributed by atoms with Gasteiger partial charge >= 0.3 is 0 Å². The van der Waals surface area contributed by atoms with Crippen LogP contribution in [-0.2, 0) is 19.4 Å². The third-order valence-electron chi connectivity index (χ3n) is 2.99. The zero-order valence-corrected chi connectivity index (χ0v) is 11.1. The van der Waals surface area contributed by atoms with Gasteiger partial charge in [-0.25, -0.2) is 5.84 Å². The molecule has 0 aliphatic carbocycles. The van der Waals surface area contributed by atoms with E-state index < -0.39 is 0 Å². The largest absolute Gasteiger partial charge is 0.467 e. The first-order valence-corrected chi connectivity index (χ1v) is 6.31. The van der Waals surface area contributed by atoms with Crippen LogP contribution in [0, 0.1) is 0 Å². The number of aromatic nitrogens is 2. The topological polar surface area (TPSA) is 86.1 Å². The van der Waals surface area contributed by atoms with Gasteiger partial charge in [-0.1, -0.05) is 13.8 Å². The average Bonchev–Trinajstić information content (AvgIpc) is 3.05. The van der Waals surface area contributed by atoms with Crippen LogP contribution in [0.4, 0.5) is 0 Å². The maximum atomic E-state index is 11.3. The molecule has 6 heteroatoms. The highest BCUT2D eigenvalue weighted by Crippen LogP contribution is 2.13. The zero-order valence-electron chi connectivity index (χ0n) is 11.1. The summed E-state index contributed by atoms with van der Waals surface area (Å²) in [5.41, 5.74) is 4.70. The number of hydrazine groups is 1. The molecule has 0 fully saturated rings.